The van der Waals surface area contributed by atoms with E-state index in [0.717, 1.165) is 5.71 Å². The molecule has 1 saturated carbocycles. The van der Waals surface area contributed by atoms with Crippen LogP contribution in [0.4, 0.5) is 4.79 Å². The number of carbonyl (C=O) groups excluding carboxylic acids is 1. The Morgan fingerprint density at radius 2 is 2.16 bits per heavy atom. The minimum atomic E-state index is -0.815. The van der Waals surface area contributed by atoms with Crippen molar-refractivity contribution < 1.29 is 19.4 Å². The fourth-order valence-electron chi connectivity index (χ4n) is 2.34. The zero-order valence-electron chi connectivity index (χ0n) is 11.3. The van der Waals surface area contributed by atoms with Crippen LogP contribution in [0.3, 0.4) is 0 Å². The highest BCUT2D eigenvalue weighted by Crippen LogP contribution is 2.35. The number of carboxylic acid groups (broad SMARTS) is 1. The molecule has 6 nitrogen and oxygen atoms in total. The summed E-state index contributed by atoms with van der Waals surface area (Å²) >= 11 is 0. The second kappa shape index (κ2) is 4.68. The molecule has 1 heterocycles. The Morgan fingerprint density at radius 1 is 1.47 bits per heavy atom. The molecule has 0 saturated heterocycles. The molecule has 2 aliphatic rings. The summed E-state index contributed by atoms with van der Waals surface area (Å²) in [5, 5.41) is 11.6. The molecule has 104 valence electrons. The van der Waals surface area contributed by atoms with E-state index in [-0.39, 0.29) is 5.92 Å². The molecule has 1 amide bonds. The number of fused-ring (bicyclic) bond motifs is 1. The molecule has 0 bridgehead atoms. The van der Waals surface area contributed by atoms with E-state index in [2.05, 4.69) is 10.3 Å². The number of rotatable bonds is 2. The van der Waals surface area contributed by atoms with Gasteiger partial charge in [0.2, 0.25) is 0 Å². The maximum absolute atomic E-state index is 11.6. The van der Waals surface area contributed by atoms with Crippen LogP contribution in [0.5, 0.6) is 0 Å². The largest absolute Gasteiger partial charge is 0.481 e. The number of amides is 1. The molecular weight excluding hydrogens is 248 g/mol. The highest BCUT2D eigenvalue weighted by Gasteiger charge is 2.39. The van der Waals surface area contributed by atoms with E-state index in [9.17, 15) is 9.59 Å². The van der Waals surface area contributed by atoms with Crippen LogP contribution in [-0.2, 0) is 9.53 Å². The summed E-state index contributed by atoms with van der Waals surface area (Å²) in [4.78, 5) is 26.9. The SMILES string of the molecule is CC(C)(C)OC(=O)NC1=CC2C(=N1)CCC2C(=O)O. The Morgan fingerprint density at radius 3 is 2.74 bits per heavy atom. The van der Waals surface area contributed by atoms with E-state index in [1.54, 1.807) is 26.8 Å². The minimum Gasteiger partial charge on any atom is -0.481 e. The molecule has 1 aliphatic carbocycles. The van der Waals surface area contributed by atoms with Crippen molar-refractivity contribution in [3.63, 3.8) is 0 Å². The monoisotopic (exact) mass is 266 g/mol. The lowest BCUT2D eigenvalue weighted by atomic mass is 9.96. The summed E-state index contributed by atoms with van der Waals surface area (Å²) in [5.41, 5.74) is 0.258. The normalized spacial score (nSPS) is 25.4. The number of aliphatic carboxylic acids is 1. The first-order valence-electron chi connectivity index (χ1n) is 6.28. The van der Waals surface area contributed by atoms with Gasteiger partial charge < -0.3 is 9.84 Å². The number of nitrogens with zero attached hydrogens (tertiary/aromatic N) is 1. The Kier molecular flexibility index (Phi) is 3.34. The van der Waals surface area contributed by atoms with Gasteiger partial charge in [-0.1, -0.05) is 0 Å². The molecular formula is C13H18N2O4. The lowest BCUT2D eigenvalue weighted by molar-refractivity contribution is -0.142. The molecule has 2 N–H and O–H groups in total. The standard InChI is InChI=1S/C13H18N2O4/c1-13(2,3)19-12(18)15-10-6-8-7(11(16)17)4-5-9(8)14-10/h6-8H,4-5H2,1-3H3,(H,15,18)(H,16,17). The average Bonchev–Trinajstić information content (AvgIpc) is 2.71. The summed E-state index contributed by atoms with van der Waals surface area (Å²) in [6.07, 6.45) is 2.40. The van der Waals surface area contributed by atoms with Gasteiger partial charge in [-0.2, -0.15) is 0 Å². The molecule has 1 aliphatic heterocycles. The number of carbonyl (C=O) groups is 2. The van der Waals surface area contributed by atoms with Gasteiger partial charge in [0.15, 0.2) is 0 Å². The zero-order chi connectivity index (χ0) is 14.2. The zero-order valence-corrected chi connectivity index (χ0v) is 11.3. The van der Waals surface area contributed by atoms with Crippen LogP contribution in [-0.4, -0.2) is 28.5 Å². The molecule has 0 radical (unpaired) electrons. The average molecular weight is 266 g/mol. The summed E-state index contributed by atoms with van der Waals surface area (Å²) in [7, 11) is 0. The van der Waals surface area contributed by atoms with Crippen LogP contribution in [0, 0.1) is 11.8 Å². The molecule has 2 atom stereocenters. The van der Waals surface area contributed by atoms with Crippen molar-refractivity contribution in [2.75, 3.05) is 0 Å². The number of ether oxygens (including phenoxy) is 1. The summed E-state index contributed by atoms with van der Waals surface area (Å²) in [5.74, 6) is -1.05. The van der Waals surface area contributed by atoms with E-state index in [0.29, 0.717) is 18.7 Å². The minimum absolute atomic E-state index is 0.192. The lowest BCUT2D eigenvalue weighted by Crippen LogP contribution is -2.31. The fourth-order valence-corrected chi connectivity index (χ4v) is 2.34. The number of aliphatic imine (C=N–C) groups is 1. The molecule has 2 unspecified atom stereocenters. The molecule has 0 aromatic carbocycles. The van der Waals surface area contributed by atoms with Crippen LogP contribution in [0.25, 0.3) is 0 Å². The van der Waals surface area contributed by atoms with Gasteiger partial charge >= 0.3 is 12.1 Å². The van der Waals surface area contributed by atoms with Gasteiger partial charge in [0, 0.05) is 11.6 Å². The first kappa shape index (κ1) is 13.6. The third-order valence-corrected chi connectivity index (χ3v) is 3.08. The second-order valence-electron chi connectivity index (χ2n) is 5.79. The van der Waals surface area contributed by atoms with Gasteiger partial charge in [-0.15, -0.1) is 0 Å². The lowest BCUT2D eigenvalue weighted by Gasteiger charge is -2.19. The van der Waals surface area contributed by atoms with Gasteiger partial charge in [0.1, 0.15) is 11.4 Å². The van der Waals surface area contributed by atoms with Crippen LogP contribution in [0.15, 0.2) is 16.9 Å². The third kappa shape index (κ3) is 3.13. The van der Waals surface area contributed by atoms with Crippen LogP contribution in [0.2, 0.25) is 0 Å². The molecule has 19 heavy (non-hydrogen) atoms. The predicted octanol–water partition coefficient (Wildman–Crippen LogP) is 1.92. The second-order valence-corrected chi connectivity index (χ2v) is 5.79. The van der Waals surface area contributed by atoms with E-state index in [1.165, 1.54) is 0 Å². The highest BCUT2D eigenvalue weighted by atomic mass is 16.6. The molecule has 6 heteroatoms. The topological polar surface area (TPSA) is 88.0 Å². The van der Waals surface area contributed by atoms with Crippen LogP contribution < -0.4 is 5.32 Å². The number of hydrogen-bond acceptors (Lipinski definition) is 4. The van der Waals surface area contributed by atoms with Gasteiger partial charge in [-0.3, -0.25) is 10.1 Å². The van der Waals surface area contributed by atoms with E-state index < -0.39 is 23.6 Å². The number of nitrogens with one attached hydrogen (secondary N) is 1. The van der Waals surface area contributed by atoms with Crippen molar-refractivity contribution in [3.05, 3.63) is 11.9 Å². The van der Waals surface area contributed by atoms with Gasteiger partial charge in [0.25, 0.3) is 0 Å². The van der Waals surface area contributed by atoms with Gasteiger partial charge in [-0.25, -0.2) is 9.79 Å². The summed E-state index contributed by atoms with van der Waals surface area (Å²) in [6, 6.07) is 0. The van der Waals surface area contributed by atoms with Gasteiger partial charge in [0.05, 0.1) is 5.92 Å². The van der Waals surface area contributed by atoms with E-state index >= 15 is 0 Å². The Balaban J connectivity index is 2.00. The molecule has 2 rings (SSSR count). The Labute approximate surface area is 111 Å². The molecule has 0 spiro atoms. The number of allylic oxidation sites excluding steroid dienone is 1. The summed E-state index contributed by atoms with van der Waals surface area (Å²) in [6.45, 7) is 5.32. The van der Waals surface area contributed by atoms with Crippen molar-refractivity contribution >= 4 is 17.8 Å². The van der Waals surface area contributed by atoms with Crippen molar-refractivity contribution in [3.8, 4) is 0 Å². The number of carboxylic acids is 1. The van der Waals surface area contributed by atoms with E-state index in [1.807, 2.05) is 0 Å². The molecule has 1 fully saturated rings. The van der Waals surface area contributed by atoms with Crippen LogP contribution in [0.1, 0.15) is 33.6 Å². The van der Waals surface area contributed by atoms with Crippen molar-refractivity contribution in [2.24, 2.45) is 16.8 Å². The fraction of sp³-hybridized carbons (Fsp3) is 0.615. The number of alkyl carbamates (subject to hydrolysis) is 1. The first-order chi connectivity index (χ1) is 8.76. The third-order valence-electron chi connectivity index (χ3n) is 3.08. The smallest absolute Gasteiger partial charge is 0.413 e. The molecule has 0 aromatic rings. The van der Waals surface area contributed by atoms with Crippen LogP contribution >= 0.6 is 0 Å². The van der Waals surface area contributed by atoms with E-state index in [4.69, 9.17) is 9.84 Å². The van der Waals surface area contributed by atoms with Gasteiger partial charge in [-0.05, 0) is 39.7 Å². The first-order valence-corrected chi connectivity index (χ1v) is 6.28. The quantitative estimate of drug-likeness (QED) is 0.799. The van der Waals surface area contributed by atoms with Crippen molar-refractivity contribution in [1.82, 2.24) is 5.32 Å². The number of hydrogen-bond donors (Lipinski definition) is 2. The van der Waals surface area contributed by atoms with Crippen molar-refractivity contribution in [1.29, 1.82) is 0 Å². The highest BCUT2D eigenvalue weighted by molar-refractivity contribution is 5.97. The summed E-state index contributed by atoms with van der Waals surface area (Å²) < 4.78 is 5.12. The predicted molar refractivity (Wildman–Crippen MR) is 68.7 cm³/mol. The molecule has 0 aromatic heterocycles. The maximum Gasteiger partial charge on any atom is 0.413 e. The Hall–Kier alpha value is -1.85. The Bertz CT molecular complexity index is 474. The van der Waals surface area contributed by atoms with Crippen molar-refractivity contribution in [2.45, 2.75) is 39.2 Å². The maximum atomic E-state index is 11.6.